The molecule has 1 aliphatic rings. The molecule has 2 amide bonds. The number of aromatic nitrogens is 3. The van der Waals surface area contributed by atoms with Crippen molar-refractivity contribution < 1.29 is 53.8 Å². The molecule has 0 aromatic carbocycles. The van der Waals surface area contributed by atoms with Crippen LogP contribution in [0.2, 0.25) is 0 Å². The highest BCUT2D eigenvalue weighted by Gasteiger charge is 2.45. The maximum atomic E-state index is 13.6. The Balaban J connectivity index is 2.04. The molecule has 1 fully saturated rings. The monoisotopic (exact) mass is 844 g/mol. The molecule has 2 unspecified atom stereocenters. The lowest BCUT2D eigenvalue weighted by Crippen LogP contribution is -2.45. The SMILES string of the molecule is CCCCCCCCC(=O)N[C@H](CSC[C@@H](COC(=O)CCCCCCCC)OC(=O)CCCCCCCC)C(=O)Nc1cn(C[C@H](O)C2OC(O)[C@@H](O)[C@@H]2O)nn1. The summed E-state index contributed by atoms with van der Waals surface area (Å²) in [6.07, 6.45) is 12.3. The third-order valence-electron chi connectivity index (χ3n) is 10.0. The molecule has 1 saturated heterocycles. The fraction of sp³-hybridized carbons (Fsp3) is 0.854. The molecule has 0 radical (unpaired) electrons. The normalized spacial score (nSPS) is 19.4. The van der Waals surface area contributed by atoms with Crippen LogP contribution < -0.4 is 10.6 Å². The third kappa shape index (κ3) is 22.0. The summed E-state index contributed by atoms with van der Waals surface area (Å²) in [4.78, 5) is 52.0. The summed E-state index contributed by atoms with van der Waals surface area (Å²) in [6, 6.07) is -1.01. The molecule has 16 nitrogen and oxygen atoms in total. The quantitative estimate of drug-likeness (QED) is 0.0399. The topological polar surface area (TPSA) is 232 Å². The van der Waals surface area contributed by atoms with E-state index in [0.29, 0.717) is 12.8 Å². The maximum absolute atomic E-state index is 13.6. The minimum absolute atomic E-state index is 0.0316. The van der Waals surface area contributed by atoms with Gasteiger partial charge in [0, 0.05) is 30.8 Å². The Labute approximate surface area is 349 Å². The van der Waals surface area contributed by atoms with E-state index in [-0.39, 0.29) is 67.6 Å². The van der Waals surface area contributed by atoms with E-state index >= 15 is 0 Å². The Morgan fingerprint density at radius 2 is 1.33 bits per heavy atom. The van der Waals surface area contributed by atoms with Crippen LogP contribution in [0, 0.1) is 0 Å². The zero-order chi connectivity index (χ0) is 42.5. The van der Waals surface area contributed by atoms with Crippen molar-refractivity contribution in [2.24, 2.45) is 0 Å². The molecule has 334 valence electrons. The number of hydrogen-bond donors (Lipinski definition) is 6. The van der Waals surface area contributed by atoms with Crippen LogP contribution in [-0.2, 0) is 39.9 Å². The molecular weight excluding hydrogens is 771 g/mol. The Morgan fingerprint density at radius 3 is 1.90 bits per heavy atom. The van der Waals surface area contributed by atoms with Crippen LogP contribution in [0.4, 0.5) is 5.82 Å². The first-order valence-electron chi connectivity index (χ1n) is 21.8. The summed E-state index contributed by atoms with van der Waals surface area (Å²) < 4.78 is 17.6. The number of ether oxygens (including phenoxy) is 3. The van der Waals surface area contributed by atoms with Gasteiger partial charge in [0.15, 0.2) is 12.1 Å². The summed E-state index contributed by atoms with van der Waals surface area (Å²) >= 11 is 1.28. The second-order valence-electron chi connectivity index (χ2n) is 15.4. The average Bonchev–Trinajstić information content (AvgIpc) is 3.75. The van der Waals surface area contributed by atoms with E-state index in [4.69, 9.17) is 14.2 Å². The van der Waals surface area contributed by atoms with Crippen molar-refractivity contribution >= 4 is 41.3 Å². The summed E-state index contributed by atoms with van der Waals surface area (Å²) in [5.74, 6) is -1.21. The number of aliphatic hydroxyl groups is 4. The molecule has 17 heteroatoms. The van der Waals surface area contributed by atoms with Gasteiger partial charge in [0.2, 0.25) is 11.8 Å². The van der Waals surface area contributed by atoms with E-state index in [1.807, 2.05) is 0 Å². The molecule has 2 heterocycles. The molecule has 0 aliphatic carbocycles. The van der Waals surface area contributed by atoms with Gasteiger partial charge in [-0.15, -0.1) is 5.10 Å². The standard InChI is InChI=1S/C41H73N5O11S/c1-4-7-10-13-16-19-22-34(48)42-31(40(53)43-33-26-46(45-44-33)25-32(47)39-37(51)38(52)41(54)57-39)29-58-28-30(56-36(50)24-21-18-15-12-9-6-3)27-55-35(49)23-20-17-14-11-8-5-2/h26,30-32,37-39,41,47,51-52,54H,4-25,27-29H2,1-3H3,(H,42,48)(H,43,53)/t30-,31-,32+,37+,38+,39?,41?/m1/s1. The zero-order valence-electron chi connectivity index (χ0n) is 35.2. The van der Waals surface area contributed by atoms with Crippen LogP contribution in [0.15, 0.2) is 6.20 Å². The van der Waals surface area contributed by atoms with Crippen LogP contribution in [-0.4, -0.2) is 120 Å². The van der Waals surface area contributed by atoms with Crippen LogP contribution in [0.5, 0.6) is 0 Å². The van der Waals surface area contributed by atoms with Crippen molar-refractivity contribution in [1.82, 2.24) is 20.3 Å². The number of rotatable bonds is 34. The lowest BCUT2D eigenvalue weighted by molar-refractivity contribution is -0.157. The van der Waals surface area contributed by atoms with Gasteiger partial charge in [0.05, 0.1) is 12.7 Å². The summed E-state index contributed by atoms with van der Waals surface area (Å²) in [7, 11) is 0. The van der Waals surface area contributed by atoms with Crippen LogP contribution in [0.1, 0.15) is 156 Å². The van der Waals surface area contributed by atoms with Gasteiger partial charge >= 0.3 is 11.9 Å². The van der Waals surface area contributed by atoms with E-state index in [2.05, 4.69) is 41.7 Å². The molecule has 7 atom stereocenters. The second kappa shape index (κ2) is 31.1. The Morgan fingerprint density at radius 1 is 0.776 bits per heavy atom. The molecule has 1 aliphatic heterocycles. The van der Waals surface area contributed by atoms with Gasteiger partial charge in [0.1, 0.15) is 43.2 Å². The van der Waals surface area contributed by atoms with E-state index < -0.39 is 48.8 Å². The van der Waals surface area contributed by atoms with Crippen LogP contribution in [0.25, 0.3) is 0 Å². The van der Waals surface area contributed by atoms with E-state index in [1.165, 1.54) is 29.1 Å². The zero-order valence-corrected chi connectivity index (χ0v) is 36.0. The average molecular weight is 844 g/mol. The van der Waals surface area contributed by atoms with E-state index in [9.17, 15) is 39.6 Å². The van der Waals surface area contributed by atoms with Crippen molar-refractivity contribution in [2.75, 3.05) is 23.4 Å². The smallest absolute Gasteiger partial charge is 0.306 e. The van der Waals surface area contributed by atoms with Crippen molar-refractivity contribution in [3.8, 4) is 0 Å². The molecule has 0 saturated carbocycles. The number of thioether (sulfide) groups is 1. The summed E-state index contributed by atoms with van der Waals surface area (Å²) in [6.45, 7) is 6.10. The predicted molar refractivity (Wildman–Crippen MR) is 222 cm³/mol. The lowest BCUT2D eigenvalue weighted by Gasteiger charge is -2.21. The van der Waals surface area contributed by atoms with Crippen molar-refractivity contribution in [2.45, 2.75) is 205 Å². The first-order chi connectivity index (χ1) is 28.0. The van der Waals surface area contributed by atoms with Gasteiger partial charge in [0.25, 0.3) is 0 Å². The van der Waals surface area contributed by atoms with E-state index in [0.717, 1.165) is 96.3 Å². The van der Waals surface area contributed by atoms with Crippen LogP contribution >= 0.6 is 11.8 Å². The predicted octanol–water partition coefficient (Wildman–Crippen LogP) is 4.94. The highest BCUT2D eigenvalue weighted by atomic mass is 32.2. The molecule has 58 heavy (non-hydrogen) atoms. The van der Waals surface area contributed by atoms with Gasteiger partial charge in [-0.3, -0.25) is 19.2 Å². The van der Waals surface area contributed by atoms with Gasteiger partial charge in [-0.1, -0.05) is 122 Å². The number of unbranched alkanes of at least 4 members (excludes halogenated alkanes) is 15. The third-order valence-corrected chi connectivity index (χ3v) is 11.2. The first-order valence-corrected chi connectivity index (χ1v) is 22.9. The molecule has 6 N–H and O–H groups in total. The van der Waals surface area contributed by atoms with E-state index in [1.54, 1.807) is 0 Å². The van der Waals surface area contributed by atoms with Crippen molar-refractivity contribution in [1.29, 1.82) is 0 Å². The summed E-state index contributed by atoms with van der Waals surface area (Å²) in [5, 5.41) is 53.4. The number of nitrogens with one attached hydrogen (secondary N) is 2. The number of amides is 2. The molecule has 0 bridgehead atoms. The number of esters is 2. The number of aliphatic hydroxyl groups excluding tert-OH is 4. The fourth-order valence-corrected chi connectivity index (χ4v) is 7.54. The van der Waals surface area contributed by atoms with Gasteiger partial charge in [-0.25, -0.2) is 4.68 Å². The van der Waals surface area contributed by atoms with Crippen LogP contribution in [0.3, 0.4) is 0 Å². The fourth-order valence-electron chi connectivity index (χ4n) is 6.51. The Hall–Kier alpha value is -2.83. The van der Waals surface area contributed by atoms with Gasteiger partial charge < -0.3 is 45.3 Å². The molecular formula is C41H73N5O11S. The minimum Gasteiger partial charge on any atom is -0.462 e. The number of anilines is 1. The number of hydrogen-bond acceptors (Lipinski definition) is 14. The molecule has 1 aromatic rings. The highest BCUT2D eigenvalue weighted by molar-refractivity contribution is 7.99. The molecule has 1 aromatic heterocycles. The minimum atomic E-state index is -1.65. The number of nitrogens with zero attached hydrogens (tertiary/aromatic N) is 3. The maximum Gasteiger partial charge on any atom is 0.306 e. The molecule has 2 rings (SSSR count). The van der Waals surface area contributed by atoms with Crippen molar-refractivity contribution in [3.05, 3.63) is 6.20 Å². The Kier molecular flexibility index (Phi) is 27.5. The molecule has 0 spiro atoms. The Bertz CT molecular complexity index is 1290. The highest BCUT2D eigenvalue weighted by Crippen LogP contribution is 2.23. The number of carbonyl (C=O) groups excluding carboxylic acids is 4. The first kappa shape index (κ1) is 51.3. The van der Waals surface area contributed by atoms with Crippen molar-refractivity contribution in [3.63, 3.8) is 0 Å². The largest absolute Gasteiger partial charge is 0.462 e. The second-order valence-corrected chi connectivity index (χ2v) is 16.4. The lowest BCUT2D eigenvalue weighted by atomic mass is 10.1. The summed E-state index contributed by atoms with van der Waals surface area (Å²) in [5.41, 5.74) is 0. The van der Waals surface area contributed by atoms with Gasteiger partial charge in [-0.05, 0) is 19.3 Å². The number of carbonyl (C=O) groups is 4. The van der Waals surface area contributed by atoms with Gasteiger partial charge in [-0.2, -0.15) is 11.8 Å².